The van der Waals surface area contributed by atoms with Gasteiger partial charge in [-0.25, -0.2) is 4.79 Å². The van der Waals surface area contributed by atoms with Gasteiger partial charge >= 0.3 is 5.97 Å². The summed E-state index contributed by atoms with van der Waals surface area (Å²) >= 11 is 7.75. The fourth-order valence-electron chi connectivity index (χ4n) is 1.21. The van der Waals surface area contributed by atoms with Crippen LogP contribution in [0, 0.1) is 3.57 Å². The Labute approximate surface area is 103 Å². The summed E-state index contributed by atoms with van der Waals surface area (Å²) < 4.78 is 2.62. The molecule has 1 heterocycles. The lowest BCUT2D eigenvalue weighted by Gasteiger charge is -1.98. The fourth-order valence-corrected chi connectivity index (χ4v) is 3.19. The molecule has 2 rings (SSSR count). The molecule has 0 saturated heterocycles. The van der Waals surface area contributed by atoms with Crippen molar-refractivity contribution in [2.24, 2.45) is 0 Å². The Morgan fingerprint density at radius 1 is 1.43 bits per heavy atom. The standard InChI is InChI=1S/C9H5IO2S2/c10-6-1-4-2-8(13)14-7(4)3-5(6)9(11)12/h1-3,13H,(H,11,12). The van der Waals surface area contributed by atoms with Crippen molar-refractivity contribution >= 4 is 62.6 Å². The lowest BCUT2D eigenvalue weighted by atomic mass is 10.2. The van der Waals surface area contributed by atoms with Crippen LogP contribution in [-0.4, -0.2) is 11.1 Å². The van der Waals surface area contributed by atoms with Gasteiger partial charge in [0, 0.05) is 8.27 Å². The minimum Gasteiger partial charge on any atom is -0.478 e. The van der Waals surface area contributed by atoms with Crippen LogP contribution in [0.4, 0.5) is 0 Å². The molecule has 1 aromatic carbocycles. The second-order valence-electron chi connectivity index (χ2n) is 2.76. The van der Waals surface area contributed by atoms with Crippen molar-refractivity contribution in [2.75, 3.05) is 0 Å². The highest BCUT2D eigenvalue weighted by atomic mass is 127. The van der Waals surface area contributed by atoms with Gasteiger partial charge in [0.15, 0.2) is 0 Å². The average molecular weight is 336 g/mol. The zero-order valence-electron chi connectivity index (χ0n) is 6.82. The SMILES string of the molecule is O=C(O)c1cc2sc(S)cc2cc1I. The van der Waals surface area contributed by atoms with Gasteiger partial charge in [0.25, 0.3) is 0 Å². The molecule has 0 unspecified atom stereocenters. The van der Waals surface area contributed by atoms with Crippen molar-refractivity contribution in [3.05, 3.63) is 27.3 Å². The molecule has 0 saturated carbocycles. The maximum atomic E-state index is 10.9. The first kappa shape index (κ1) is 10.3. The summed E-state index contributed by atoms with van der Waals surface area (Å²) in [5.74, 6) is -0.884. The van der Waals surface area contributed by atoms with Gasteiger partial charge in [-0.15, -0.1) is 24.0 Å². The predicted molar refractivity (Wildman–Crippen MR) is 68.8 cm³/mol. The Kier molecular flexibility index (Phi) is 2.72. The Hall–Kier alpha value is -0.270. The highest BCUT2D eigenvalue weighted by Gasteiger charge is 2.10. The Morgan fingerprint density at radius 2 is 2.14 bits per heavy atom. The van der Waals surface area contributed by atoms with Crippen molar-refractivity contribution in [3.8, 4) is 0 Å². The molecule has 0 atom stereocenters. The van der Waals surface area contributed by atoms with Gasteiger partial charge in [0.2, 0.25) is 0 Å². The van der Waals surface area contributed by atoms with Crippen LogP contribution in [0.1, 0.15) is 10.4 Å². The Morgan fingerprint density at radius 3 is 2.79 bits per heavy atom. The smallest absolute Gasteiger partial charge is 0.336 e. The number of thiol groups is 1. The zero-order valence-corrected chi connectivity index (χ0v) is 10.7. The maximum absolute atomic E-state index is 10.9. The number of carbonyl (C=O) groups is 1. The van der Waals surface area contributed by atoms with E-state index in [9.17, 15) is 4.79 Å². The molecule has 0 radical (unpaired) electrons. The third kappa shape index (κ3) is 1.76. The van der Waals surface area contributed by atoms with E-state index in [1.165, 1.54) is 11.3 Å². The highest BCUT2D eigenvalue weighted by molar-refractivity contribution is 14.1. The number of fused-ring (bicyclic) bond motifs is 1. The van der Waals surface area contributed by atoms with Gasteiger partial charge in [-0.3, -0.25) is 0 Å². The first-order chi connectivity index (χ1) is 6.58. The van der Waals surface area contributed by atoms with Gasteiger partial charge in [-0.1, -0.05) is 0 Å². The molecule has 5 heteroatoms. The van der Waals surface area contributed by atoms with Crippen molar-refractivity contribution in [3.63, 3.8) is 0 Å². The first-order valence-electron chi connectivity index (χ1n) is 3.73. The number of hydrogen-bond acceptors (Lipinski definition) is 3. The van der Waals surface area contributed by atoms with Crippen molar-refractivity contribution in [1.82, 2.24) is 0 Å². The monoisotopic (exact) mass is 336 g/mol. The Balaban J connectivity index is 2.76. The number of aromatic carboxylic acids is 1. The van der Waals surface area contributed by atoms with Crippen LogP contribution in [0.25, 0.3) is 10.1 Å². The zero-order chi connectivity index (χ0) is 10.3. The maximum Gasteiger partial charge on any atom is 0.336 e. The normalized spacial score (nSPS) is 10.7. The molecule has 2 aromatic rings. The van der Waals surface area contributed by atoms with E-state index in [2.05, 4.69) is 12.6 Å². The topological polar surface area (TPSA) is 37.3 Å². The van der Waals surface area contributed by atoms with Crippen LogP contribution in [0.15, 0.2) is 22.4 Å². The van der Waals surface area contributed by atoms with Crippen LogP contribution in [0.2, 0.25) is 0 Å². The molecule has 72 valence electrons. The number of benzene rings is 1. The number of rotatable bonds is 1. The van der Waals surface area contributed by atoms with E-state index < -0.39 is 5.97 Å². The second-order valence-corrected chi connectivity index (χ2v) is 5.79. The van der Waals surface area contributed by atoms with E-state index in [-0.39, 0.29) is 0 Å². The number of carboxylic acids is 1. The molecule has 0 aliphatic heterocycles. The summed E-state index contributed by atoms with van der Waals surface area (Å²) in [5.41, 5.74) is 0.355. The van der Waals surface area contributed by atoms with E-state index in [4.69, 9.17) is 5.11 Å². The molecular weight excluding hydrogens is 331 g/mol. The lowest BCUT2D eigenvalue weighted by Crippen LogP contribution is -1.98. The van der Waals surface area contributed by atoms with Crippen LogP contribution in [0.3, 0.4) is 0 Å². The summed E-state index contributed by atoms with van der Waals surface area (Å²) in [7, 11) is 0. The second kappa shape index (κ2) is 3.71. The van der Waals surface area contributed by atoms with E-state index in [0.29, 0.717) is 5.56 Å². The highest BCUT2D eigenvalue weighted by Crippen LogP contribution is 2.31. The number of halogens is 1. The molecule has 0 amide bonds. The fraction of sp³-hybridized carbons (Fsp3) is 0. The third-order valence-electron chi connectivity index (χ3n) is 1.82. The third-order valence-corrected chi connectivity index (χ3v) is 4.02. The van der Waals surface area contributed by atoms with Gasteiger partial charge in [-0.05, 0) is 46.2 Å². The lowest BCUT2D eigenvalue weighted by molar-refractivity contribution is 0.0696. The van der Waals surface area contributed by atoms with Gasteiger partial charge in [-0.2, -0.15) is 0 Å². The molecule has 0 bridgehead atoms. The summed E-state index contributed by atoms with van der Waals surface area (Å²) in [6, 6.07) is 5.51. The van der Waals surface area contributed by atoms with E-state index >= 15 is 0 Å². The molecule has 1 aromatic heterocycles. The molecule has 1 N–H and O–H groups in total. The van der Waals surface area contributed by atoms with Gasteiger partial charge in [0.05, 0.1) is 9.77 Å². The molecule has 0 aliphatic rings. The van der Waals surface area contributed by atoms with E-state index in [1.54, 1.807) is 6.07 Å². The van der Waals surface area contributed by atoms with Crippen molar-refractivity contribution < 1.29 is 9.90 Å². The van der Waals surface area contributed by atoms with Crippen molar-refractivity contribution in [1.29, 1.82) is 0 Å². The molecule has 0 fully saturated rings. The van der Waals surface area contributed by atoms with Gasteiger partial charge < -0.3 is 5.11 Å². The van der Waals surface area contributed by atoms with E-state index in [1.807, 2.05) is 34.7 Å². The average Bonchev–Trinajstić information content (AvgIpc) is 2.42. The number of hydrogen-bond donors (Lipinski definition) is 2. The number of carboxylic acid groups (broad SMARTS) is 1. The minimum atomic E-state index is -0.884. The van der Waals surface area contributed by atoms with E-state index in [0.717, 1.165) is 17.9 Å². The summed E-state index contributed by atoms with van der Waals surface area (Å²) in [4.78, 5) is 10.9. The largest absolute Gasteiger partial charge is 0.478 e. The predicted octanol–water partition coefficient (Wildman–Crippen LogP) is 3.49. The Bertz CT molecular complexity index is 519. The summed E-state index contributed by atoms with van der Waals surface area (Å²) in [6.07, 6.45) is 0. The van der Waals surface area contributed by atoms with Gasteiger partial charge in [0.1, 0.15) is 0 Å². The molecule has 2 nitrogen and oxygen atoms in total. The van der Waals surface area contributed by atoms with Crippen LogP contribution >= 0.6 is 46.6 Å². The molecule has 0 aliphatic carbocycles. The molecule has 0 spiro atoms. The summed E-state index contributed by atoms with van der Waals surface area (Å²) in [6.45, 7) is 0. The molecule has 14 heavy (non-hydrogen) atoms. The summed E-state index contributed by atoms with van der Waals surface area (Å²) in [5, 5.41) is 9.96. The van der Waals surface area contributed by atoms with Crippen molar-refractivity contribution in [2.45, 2.75) is 4.21 Å². The molecular formula is C9H5IO2S2. The minimum absolute atomic E-state index is 0.355. The van der Waals surface area contributed by atoms with Crippen LogP contribution in [0.5, 0.6) is 0 Å². The van der Waals surface area contributed by atoms with Crippen LogP contribution < -0.4 is 0 Å². The number of thiophene rings is 1. The quantitative estimate of drug-likeness (QED) is 0.618. The van der Waals surface area contributed by atoms with Crippen LogP contribution in [-0.2, 0) is 0 Å². The first-order valence-corrected chi connectivity index (χ1v) is 6.07.